The smallest absolute Gasteiger partial charge is 0.399 e. The van der Waals surface area contributed by atoms with Crippen molar-refractivity contribution in [1.82, 2.24) is 15.1 Å². The molecule has 1 N–H and O–H groups in total. The Balaban J connectivity index is 1.40. The standard InChI is InChI=1S/C21H24ClN3O4S/c1-24-8-7-13-9-14(3-4-15(13)10-24)20(26)25-11-16(17(12-25)28-2)23-21(27)29-19-6-5-18(22)30-19/h3-6,9,16-17H,7-8,10-12H2,1-2H3,(H,23,27). The molecule has 2 aromatic rings. The molecule has 2 amide bonds. The van der Waals surface area contributed by atoms with E-state index in [1.54, 1.807) is 24.1 Å². The van der Waals surface area contributed by atoms with E-state index in [2.05, 4.69) is 17.3 Å². The predicted molar refractivity (Wildman–Crippen MR) is 115 cm³/mol. The van der Waals surface area contributed by atoms with Gasteiger partial charge in [0, 0.05) is 38.9 Å². The van der Waals surface area contributed by atoms with E-state index in [0.717, 1.165) is 19.5 Å². The van der Waals surface area contributed by atoms with Crippen LogP contribution in [0.5, 0.6) is 5.06 Å². The van der Waals surface area contributed by atoms with E-state index in [9.17, 15) is 9.59 Å². The Morgan fingerprint density at radius 3 is 2.77 bits per heavy atom. The molecule has 4 rings (SSSR count). The first-order valence-corrected chi connectivity index (χ1v) is 11.0. The lowest BCUT2D eigenvalue weighted by atomic mass is 9.97. The first-order chi connectivity index (χ1) is 14.4. The van der Waals surface area contributed by atoms with Gasteiger partial charge in [-0.05, 0) is 48.9 Å². The van der Waals surface area contributed by atoms with Gasteiger partial charge in [0.05, 0.1) is 16.5 Å². The van der Waals surface area contributed by atoms with Crippen LogP contribution in [0, 0.1) is 0 Å². The number of hydrogen-bond acceptors (Lipinski definition) is 6. The van der Waals surface area contributed by atoms with Crippen molar-refractivity contribution in [3.8, 4) is 5.06 Å². The molecule has 1 aromatic carbocycles. The van der Waals surface area contributed by atoms with Crippen molar-refractivity contribution < 1.29 is 19.1 Å². The zero-order valence-electron chi connectivity index (χ0n) is 16.9. The molecule has 2 atom stereocenters. The molecule has 1 fully saturated rings. The van der Waals surface area contributed by atoms with E-state index in [4.69, 9.17) is 21.1 Å². The van der Waals surface area contributed by atoms with E-state index in [1.165, 1.54) is 22.5 Å². The summed E-state index contributed by atoms with van der Waals surface area (Å²) in [4.78, 5) is 29.3. The van der Waals surface area contributed by atoms with E-state index in [-0.39, 0.29) is 18.1 Å². The number of nitrogens with zero attached hydrogens (tertiary/aromatic N) is 2. The third-order valence-electron chi connectivity index (χ3n) is 5.56. The first kappa shape index (κ1) is 21.1. The molecule has 0 saturated carbocycles. The van der Waals surface area contributed by atoms with Crippen LogP contribution < -0.4 is 10.1 Å². The second-order valence-electron chi connectivity index (χ2n) is 7.65. The van der Waals surface area contributed by atoms with Crippen molar-refractivity contribution in [3.63, 3.8) is 0 Å². The molecule has 0 radical (unpaired) electrons. The summed E-state index contributed by atoms with van der Waals surface area (Å²) in [5, 5.41) is 3.22. The summed E-state index contributed by atoms with van der Waals surface area (Å²) in [6, 6.07) is 8.88. The van der Waals surface area contributed by atoms with Gasteiger partial charge in [-0.1, -0.05) is 29.0 Å². The molecule has 2 aliphatic heterocycles. The Labute approximate surface area is 184 Å². The molecule has 1 saturated heterocycles. The zero-order valence-corrected chi connectivity index (χ0v) is 18.5. The van der Waals surface area contributed by atoms with Gasteiger partial charge < -0.3 is 24.6 Å². The molecule has 30 heavy (non-hydrogen) atoms. The predicted octanol–water partition coefficient (Wildman–Crippen LogP) is 3.02. The molecule has 0 aliphatic carbocycles. The fourth-order valence-corrected chi connectivity index (χ4v) is 4.82. The molecular formula is C21H24ClN3O4S. The number of fused-ring (bicyclic) bond motifs is 1. The van der Waals surface area contributed by atoms with E-state index >= 15 is 0 Å². The summed E-state index contributed by atoms with van der Waals surface area (Å²) in [6.07, 6.45) is 0.0450. The SMILES string of the molecule is COC1CN(C(=O)c2ccc3c(c2)CCN(C)C3)CC1NC(=O)Oc1ccc(Cl)s1. The number of amides is 2. The normalized spacial score (nSPS) is 21.4. The summed E-state index contributed by atoms with van der Waals surface area (Å²) in [5.74, 6) is -0.0542. The molecule has 0 spiro atoms. The number of rotatable bonds is 4. The number of carbonyl (C=O) groups excluding carboxylic acids is 2. The Morgan fingerprint density at radius 2 is 2.03 bits per heavy atom. The minimum atomic E-state index is -0.590. The van der Waals surface area contributed by atoms with Crippen LogP contribution in [0.4, 0.5) is 4.79 Å². The maximum atomic E-state index is 13.1. The molecule has 7 nitrogen and oxygen atoms in total. The molecule has 1 aromatic heterocycles. The second kappa shape index (κ2) is 8.93. The number of halogens is 1. The van der Waals surface area contributed by atoms with Crippen molar-refractivity contribution in [1.29, 1.82) is 0 Å². The fourth-order valence-electron chi connectivity index (χ4n) is 3.95. The van der Waals surface area contributed by atoms with Gasteiger partial charge in [0.2, 0.25) is 0 Å². The Kier molecular flexibility index (Phi) is 6.29. The van der Waals surface area contributed by atoms with Crippen LogP contribution in [0.15, 0.2) is 30.3 Å². The maximum absolute atomic E-state index is 13.1. The minimum Gasteiger partial charge on any atom is -0.399 e. The van der Waals surface area contributed by atoms with Gasteiger partial charge in [0.1, 0.15) is 0 Å². The Hall–Kier alpha value is -2.13. The van der Waals surface area contributed by atoms with Crippen molar-refractivity contribution in [2.75, 3.05) is 33.8 Å². The van der Waals surface area contributed by atoms with Crippen molar-refractivity contribution >= 4 is 34.9 Å². The minimum absolute atomic E-state index is 0.0542. The van der Waals surface area contributed by atoms with Crippen LogP contribution in [0.25, 0.3) is 0 Å². The molecule has 2 aliphatic rings. The number of carbonyl (C=O) groups is 2. The van der Waals surface area contributed by atoms with E-state index < -0.39 is 6.09 Å². The van der Waals surface area contributed by atoms with Crippen LogP contribution in [0.2, 0.25) is 4.34 Å². The lowest BCUT2D eigenvalue weighted by molar-refractivity contribution is 0.0707. The highest BCUT2D eigenvalue weighted by atomic mass is 35.5. The molecule has 0 bridgehead atoms. The molecule has 9 heteroatoms. The quantitative estimate of drug-likeness (QED) is 0.776. The van der Waals surface area contributed by atoms with Crippen LogP contribution in [0.3, 0.4) is 0 Å². The highest BCUT2D eigenvalue weighted by molar-refractivity contribution is 7.17. The van der Waals surface area contributed by atoms with Crippen LogP contribution in [-0.2, 0) is 17.7 Å². The third-order valence-corrected chi connectivity index (χ3v) is 6.67. The highest BCUT2D eigenvalue weighted by Crippen LogP contribution is 2.28. The van der Waals surface area contributed by atoms with Gasteiger partial charge >= 0.3 is 6.09 Å². The summed E-state index contributed by atoms with van der Waals surface area (Å²) in [5.41, 5.74) is 3.17. The van der Waals surface area contributed by atoms with Crippen LogP contribution >= 0.6 is 22.9 Å². The number of thiophene rings is 1. The van der Waals surface area contributed by atoms with Crippen molar-refractivity contribution in [3.05, 3.63) is 51.4 Å². The highest BCUT2D eigenvalue weighted by Gasteiger charge is 2.37. The van der Waals surface area contributed by atoms with Gasteiger partial charge in [-0.15, -0.1) is 0 Å². The average Bonchev–Trinajstić information content (AvgIpc) is 3.32. The van der Waals surface area contributed by atoms with Crippen molar-refractivity contribution in [2.24, 2.45) is 0 Å². The average molecular weight is 450 g/mol. The summed E-state index contributed by atoms with van der Waals surface area (Å²) in [7, 11) is 3.68. The van der Waals surface area contributed by atoms with E-state index in [1.807, 2.05) is 18.2 Å². The summed E-state index contributed by atoms with van der Waals surface area (Å²) in [6.45, 7) is 2.66. The third kappa shape index (κ3) is 4.62. The van der Waals surface area contributed by atoms with Gasteiger partial charge in [-0.3, -0.25) is 4.79 Å². The Bertz CT molecular complexity index is 950. The number of likely N-dealkylation sites (N-methyl/N-ethyl adjacent to an activating group) is 1. The van der Waals surface area contributed by atoms with E-state index in [0.29, 0.717) is 28.1 Å². The maximum Gasteiger partial charge on any atom is 0.413 e. The van der Waals surface area contributed by atoms with Crippen LogP contribution in [0.1, 0.15) is 21.5 Å². The topological polar surface area (TPSA) is 71.1 Å². The fraction of sp³-hybridized carbons (Fsp3) is 0.429. The van der Waals surface area contributed by atoms with Crippen molar-refractivity contribution in [2.45, 2.75) is 25.1 Å². The molecule has 3 heterocycles. The first-order valence-electron chi connectivity index (χ1n) is 9.79. The number of likely N-dealkylation sites (tertiary alicyclic amines) is 1. The number of ether oxygens (including phenoxy) is 2. The van der Waals surface area contributed by atoms with Gasteiger partial charge in [0.15, 0.2) is 5.06 Å². The number of benzene rings is 1. The number of hydrogen-bond donors (Lipinski definition) is 1. The summed E-state index contributed by atoms with van der Waals surface area (Å²) >= 11 is 7.04. The van der Waals surface area contributed by atoms with Gasteiger partial charge in [-0.25, -0.2) is 4.79 Å². The lowest BCUT2D eigenvalue weighted by Crippen LogP contribution is -2.44. The van der Waals surface area contributed by atoms with Gasteiger partial charge in [-0.2, -0.15) is 0 Å². The lowest BCUT2D eigenvalue weighted by Gasteiger charge is -2.25. The van der Waals surface area contributed by atoms with Crippen LogP contribution in [-0.4, -0.2) is 67.7 Å². The Morgan fingerprint density at radius 1 is 1.20 bits per heavy atom. The largest absolute Gasteiger partial charge is 0.413 e. The number of methoxy groups -OCH3 is 1. The zero-order chi connectivity index (χ0) is 21.3. The molecule has 160 valence electrons. The van der Waals surface area contributed by atoms with Gasteiger partial charge in [0.25, 0.3) is 5.91 Å². The molecule has 2 unspecified atom stereocenters. The molecular weight excluding hydrogens is 426 g/mol. The number of nitrogens with one attached hydrogen (secondary N) is 1. The summed E-state index contributed by atoms with van der Waals surface area (Å²) < 4.78 is 11.3. The monoisotopic (exact) mass is 449 g/mol. The second-order valence-corrected chi connectivity index (χ2v) is 9.33.